The van der Waals surface area contributed by atoms with Gasteiger partial charge in [0.2, 0.25) is 10.0 Å². The van der Waals surface area contributed by atoms with Crippen molar-refractivity contribution in [3.63, 3.8) is 0 Å². The molecule has 0 amide bonds. The van der Waals surface area contributed by atoms with Gasteiger partial charge in [-0.25, -0.2) is 13.1 Å². The highest BCUT2D eigenvalue weighted by molar-refractivity contribution is 7.88. The van der Waals surface area contributed by atoms with E-state index in [-0.39, 0.29) is 5.75 Å². The molecule has 0 radical (unpaired) electrons. The normalized spacial score (nSPS) is 11.9. The van der Waals surface area contributed by atoms with Crippen LogP contribution in [0, 0.1) is 0 Å². The number of nitrogens with zero attached hydrogens (tertiary/aromatic N) is 1. The van der Waals surface area contributed by atoms with Crippen LogP contribution >= 0.6 is 0 Å². The Morgan fingerprint density at radius 2 is 1.90 bits per heavy atom. The van der Waals surface area contributed by atoms with Gasteiger partial charge in [-0.15, -0.1) is 0 Å². The number of nitrogens with one attached hydrogen (secondary N) is 2. The third-order valence-corrected chi connectivity index (χ3v) is 4.45. The molecule has 2 rings (SSSR count). The molecule has 0 aliphatic heterocycles. The van der Waals surface area contributed by atoms with E-state index >= 15 is 0 Å². The van der Waals surface area contributed by atoms with Gasteiger partial charge < -0.3 is 5.32 Å². The fourth-order valence-corrected chi connectivity index (χ4v) is 3.29. The molecular formula is C15H21N3O2S. The number of pyridine rings is 1. The molecule has 2 N–H and O–H groups in total. The smallest absolute Gasteiger partial charge is 0.215 e. The first kappa shape index (κ1) is 15.9. The van der Waals surface area contributed by atoms with Gasteiger partial charge in [-0.2, -0.15) is 0 Å². The fraction of sp³-hybridized carbons (Fsp3) is 0.400. The highest BCUT2D eigenvalue weighted by Crippen LogP contribution is 2.17. The van der Waals surface area contributed by atoms with Crippen LogP contribution in [0.4, 0.5) is 0 Å². The predicted molar refractivity (Wildman–Crippen MR) is 85.5 cm³/mol. The Balaban J connectivity index is 2.02. The molecule has 5 nitrogen and oxygen atoms in total. The van der Waals surface area contributed by atoms with Gasteiger partial charge in [0.25, 0.3) is 0 Å². The summed E-state index contributed by atoms with van der Waals surface area (Å²) in [6.45, 7) is 4.01. The number of hydrogen-bond donors (Lipinski definition) is 2. The summed E-state index contributed by atoms with van der Waals surface area (Å²) in [6, 6.07) is 9.38. The molecule has 2 aromatic rings. The zero-order chi connectivity index (χ0) is 15.1. The van der Waals surface area contributed by atoms with Crippen molar-refractivity contribution in [3.05, 3.63) is 42.1 Å². The first-order chi connectivity index (χ1) is 10.1. The van der Waals surface area contributed by atoms with E-state index in [9.17, 15) is 8.42 Å². The summed E-state index contributed by atoms with van der Waals surface area (Å²) < 4.78 is 26.8. The van der Waals surface area contributed by atoms with E-state index in [1.165, 1.54) is 0 Å². The standard InChI is InChI=1S/C15H21N3O2S/c1-2-8-16-10-11-18-21(19,20)12-14-6-3-5-13-7-4-9-17-15(13)14/h3-7,9,16,18H,2,8,10-12H2,1H3. The van der Waals surface area contributed by atoms with Crippen LogP contribution in [0.5, 0.6) is 0 Å². The van der Waals surface area contributed by atoms with E-state index in [0.717, 1.165) is 29.4 Å². The Bertz CT molecular complexity index is 681. The van der Waals surface area contributed by atoms with Gasteiger partial charge in [0.05, 0.1) is 11.3 Å². The molecule has 21 heavy (non-hydrogen) atoms. The van der Waals surface area contributed by atoms with Gasteiger partial charge in [0, 0.05) is 24.7 Å². The summed E-state index contributed by atoms with van der Waals surface area (Å²) in [5, 5.41) is 4.12. The molecule has 114 valence electrons. The minimum atomic E-state index is -3.34. The molecule has 0 atom stereocenters. The van der Waals surface area contributed by atoms with Crippen LogP contribution < -0.4 is 10.0 Å². The van der Waals surface area contributed by atoms with E-state index in [0.29, 0.717) is 13.1 Å². The van der Waals surface area contributed by atoms with Crippen LogP contribution in [0.15, 0.2) is 36.5 Å². The maximum absolute atomic E-state index is 12.1. The van der Waals surface area contributed by atoms with E-state index < -0.39 is 10.0 Å². The average Bonchev–Trinajstić information content (AvgIpc) is 2.47. The minimum Gasteiger partial charge on any atom is -0.315 e. The molecular weight excluding hydrogens is 286 g/mol. The molecule has 6 heteroatoms. The minimum absolute atomic E-state index is 0.0465. The summed E-state index contributed by atoms with van der Waals surface area (Å²) in [6.07, 6.45) is 2.72. The van der Waals surface area contributed by atoms with E-state index in [1.807, 2.05) is 30.3 Å². The van der Waals surface area contributed by atoms with Crippen molar-refractivity contribution in [2.45, 2.75) is 19.1 Å². The quantitative estimate of drug-likeness (QED) is 0.728. The second kappa shape index (κ2) is 7.49. The molecule has 1 aromatic heterocycles. The van der Waals surface area contributed by atoms with Gasteiger partial charge in [0.15, 0.2) is 0 Å². The molecule has 0 fully saturated rings. The van der Waals surface area contributed by atoms with Crippen molar-refractivity contribution >= 4 is 20.9 Å². The van der Waals surface area contributed by atoms with E-state index in [4.69, 9.17) is 0 Å². The van der Waals surface area contributed by atoms with Crippen molar-refractivity contribution in [2.75, 3.05) is 19.6 Å². The Morgan fingerprint density at radius 1 is 1.10 bits per heavy atom. The number of benzene rings is 1. The van der Waals surface area contributed by atoms with Crippen molar-refractivity contribution in [1.82, 2.24) is 15.0 Å². The highest BCUT2D eigenvalue weighted by Gasteiger charge is 2.13. The van der Waals surface area contributed by atoms with Gasteiger partial charge in [-0.05, 0) is 24.6 Å². The second-order valence-corrected chi connectivity index (χ2v) is 6.70. The molecule has 0 saturated heterocycles. The van der Waals surface area contributed by atoms with Crippen LogP contribution in [0.2, 0.25) is 0 Å². The summed E-state index contributed by atoms with van der Waals surface area (Å²) in [4.78, 5) is 4.28. The maximum Gasteiger partial charge on any atom is 0.215 e. The lowest BCUT2D eigenvalue weighted by Crippen LogP contribution is -2.32. The maximum atomic E-state index is 12.1. The first-order valence-corrected chi connectivity index (χ1v) is 8.78. The van der Waals surface area contributed by atoms with Crippen LogP contribution in [0.25, 0.3) is 10.9 Å². The molecule has 0 aliphatic carbocycles. The van der Waals surface area contributed by atoms with Crippen LogP contribution in [0.1, 0.15) is 18.9 Å². The molecule has 0 spiro atoms. The van der Waals surface area contributed by atoms with Crippen molar-refractivity contribution in [3.8, 4) is 0 Å². The molecule has 0 aliphatic rings. The average molecular weight is 307 g/mol. The van der Waals surface area contributed by atoms with Gasteiger partial charge in [-0.3, -0.25) is 4.98 Å². The van der Waals surface area contributed by atoms with Crippen molar-refractivity contribution in [1.29, 1.82) is 0 Å². The highest BCUT2D eigenvalue weighted by atomic mass is 32.2. The molecule has 1 aromatic carbocycles. The monoisotopic (exact) mass is 307 g/mol. The lowest BCUT2D eigenvalue weighted by Gasteiger charge is -2.09. The van der Waals surface area contributed by atoms with Gasteiger partial charge in [0.1, 0.15) is 0 Å². The molecule has 1 heterocycles. The summed E-state index contributed by atoms with van der Waals surface area (Å²) in [7, 11) is -3.34. The van der Waals surface area contributed by atoms with E-state index in [2.05, 4.69) is 21.9 Å². The number of aromatic nitrogens is 1. The Labute approximate surface area is 125 Å². The van der Waals surface area contributed by atoms with Crippen LogP contribution in [-0.2, 0) is 15.8 Å². The number of hydrogen-bond acceptors (Lipinski definition) is 4. The number of sulfonamides is 1. The number of para-hydroxylation sites is 1. The first-order valence-electron chi connectivity index (χ1n) is 7.13. The lowest BCUT2D eigenvalue weighted by molar-refractivity contribution is 0.575. The van der Waals surface area contributed by atoms with Crippen LogP contribution in [-0.4, -0.2) is 33.0 Å². The molecule has 0 bridgehead atoms. The third-order valence-electron chi connectivity index (χ3n) is 3.11. The zero-order valence-electron chi connectivity index (χ0n) is 12.2. The molecule has 0 unspecified atom stereocenters. The Kier molecular flexibility index (Phi) is 5.67. The second-order valence-electron chi connectivity index (χ2n) is 4.90. The van der Waals surface area contributed by atoms with Gasteiger partial charge >= 0.3 is 0 Å². The zero-order valence-corrected chi connectivity index (χ0v) is 13.0. The SMILES string of the molecule is CCCNCCNS(=O)(=O)Cc1cccc2cccnc12. The van der Waals surface area contributed by atoms with Crippen molar-refractivity contribution in [2.24, 2.45) is 0 Å². The summed E-state index contributed by atoms with van der Waals surface area (Å²) in [5.41, 5.74) is 1.47. The lowest BCUT2D eigenvalue weighted by atomic mass is 10.1. The van der Waals surface area contributed by atoms with E-state index in [1.54, 1.807) is 6.20 Å². The van der Waals surface area contributed by atoms with Gasteiger partial charge in [-0.1, -0.05) is 31.2 Å². The predicted octanol–water partition coefficient (Wildman–Crippen LogP) is 1.65. The third kappa shape index (κ3) is 4.77. The Hall–Kier alpha value is -1.50. The molecule has 0 saturated carbocycles. The largest absolute Gasteiger partial charge is 0.315 e. The Morgan fingerprint density at radius 3 is 2.71 bits per heavy atom. The number of rotatable bonds is 8. The number of fused-ring (bicyclic) bond motifs is 1. The van der Waals surface area contributed by atoms with Crippen molar-refractivity contribution < 1.29 is 8.42 Å². The van der Waals surface area contributed by atoms with Crippen LogP contribution in [0.3, 0.4) is 0 Å². The summed E-state index contributed by atoms with van der Waals surface area (Å²) in [5.74, 6) is -0.0465. The topological polar surface area (TPSA) is 71.1 Å². The summed E-state index contributed by atoms with van der Waals surface area (Å²) >= 11 is 0. The fourth-order valence-electron chi connectivity index (χ4n) is 2.14.